The molecule has 1 N–H and O–H groups in total. The van der Waals surface area contributed by atoms with E-state index in [0.29, 0.717) is 18.0 Å². The molecule has 2 aromatic carbocycles. The van der Waals surface area contributed by atoms with E-state index in [1.54, 1.807) is 13.1 Å². The van der Waals surface area contributed by atoms with Gasteiger partial charge in [-0.2, -0.15) is 0 Å². The van der Waals surface area contributed by atoms with Gasteiger partial charge in [0.25, 0.3) is 5.56 Å². The lowest BCUT2D eigenvalue weighted by molar-refractivity contribution is -0.121. The molecule has 1 atom stereocenters. The zero-order chi connectivity index (χ0) is 21.5. The van der Waals surface area contributed by atoms with Crippen molar-refractivity contribution in [2.75, 3.05) is 0 Å². The highest BCUT2D eigenvalue weighted by atomic mass is 32.2. The van der Waals surface area contributed by atoms with Gasteiger partial charge < -0.3 is 5.32 Å². The molecule has 156 valence electrons. The Labute approximate surface area is 181 Å². The summed E-state index contributed by atoms with van der Waals surface area (Å²) < 4.78 is 1.51. The van der Waals surface area contributed by atoms with E-state index < -0.39 is 0 Å². The second-order valence-electron chi connectivity index (χ2n) is 7.06. The summed E-state index contributed by atoms with van der Waals surface area (Å²) in [7, 11) is 1.69. The highest BCUT2D eigenvalue weighted by molar-refractivity contribution is 8.00. The number of rotatable bonds is 8. The number of carbonyl (C=O) groups excluding carboxylic acids is 1. The van der Waals surface area contributed by atoms with Gasteiger partial charge in [0.05, 0.1) is 11.3 Å². The quantitative estimate of drug-likeness (QED) is 0.439. The van der Waals surface area contributed by atoms with Gasteiger partial charge in [-0.15, -0.1) is 0 Å². The van der Waals surface area contributed by atoms with Crippen LogP contribution in [0.4, 0.5) is 0 Å². The molecule has 0 spiro atoms. The minimum Gasteiger partial charge on any atom is -0.344 e. The average molecular weight is 422 g/mol. The SMILES string of the molecule is CCc1cc(=O)n(C)c(SC(CC)C(=O)NC(c2ccccc2)c2ccccc2)n1. The Bertz CT molecular complexity index is 996. The van der Waals surface area contributed by atoms with Gasteiger partial charge in [-0.1, -0.05) is 86.3 Å². The standard InChI is InChI=1S/C24H27N3O2S/c1-4-19-16-21(28)27(3)24(25-19)30-20(5-2)23(29)26-22(17-12-8-6-9-13-17)18-14-10-7-11-15-18/h6-16,20,22H,4-5H2,1-3H3,(H,26,29). The van der Waals surface area contributed by atoms with E-state index >= 15 is 0 Å². The van der Waals surface area contributed by atoms with Crippen molar-refractivity contribution >= 4 is 17.7 Å². The molecule has 5 nitrogen and oxygen atoms in total. The van der Waals surface area contributed by atoms with Crippen molar-refractivity contribution in [3.63, 3.8) is 0 Å². The maximum atomic E-state index is 13.2. The Morgan fingerprint density at radius 1 is 1.03 bits per heavy atom. The molecule has 6 heteroatoms. The van der Waals surface area contributed by atoms with Crippen LogP contribution in [0.15, 0.2) is 76.7 Å². The van der Waals surface area contributed by atoms with Crippen LogP contribution in [-0.2, 0) is 18.3 Å². The predicted octanol–water partition coefficient (Wildman–Crippen LogP) is 4.12. The summed E-state index contributed by atoms with van der Waals surface area (Å²) in [5.41, 5.74) is 2.68. The summed E-state index contributed by atoms with van der Waals surface area (Å²) in [6.45, 7) is 3.93. The Kier molecular flexibility index (Phi) is 7.46. The third-order valence-electron chi connectivity index (χ3n) is 4.97. The number of nitrogens with one attached hydrogen (secondary N) is 1. The van der Waals surface area contributed by atoms with Crippen molar-refractivity contribution in [2.45, 2.75) is 43.1 Å². The molecule has 0 saturated carbocycles. The first-order valence-corrected chi connectivity index (χ1v) is 11.0. The number of aryl methyl sites for hydroxylation is 1. The smallest absolute Gasteiger partial charge is 0.254 e. The zero-order valence-electron chi connectivity index (χ0n) is 17.5. The summed E-state index contributed by atoms with van der Waals surface area (Å²) >= 11 is 1.34. The number of hydrogen-bond donors (Lipinski definition) is 1. The molecule has 1 amide bonds. The minimum atomic E-state index is -0.356. The monoisotopic (exact) mass is 421 g/mol. The first-order valence-electron chi connectivity index (χ1n) is 10.2. The van der Waals surface area contributed by atoms with E-state index in [4.69, 9.17) is 0 Å². The van der Waals surface area contributed by atoms with Gasteiger partial charge in [-0.3, -0.25) is 14.2 Å². The van der Waals surface area contributed by atoms with Crippen molar-refractivity contribution < 1.29 is 4.79 Å². The average Bonchev–Trinajstić information content (AvgIpc) is 2.79. The fraction of sp³-hybridized carbons (Fsp3) is 0.292. The summed E-state index contributed by atoms with van der Waals surface area (Å²) in [6.07, 6.45) is 1.30. The number of benzene rings is 2. The lowest BCUT2D eigenvalue weighted by atomic mass is 9.98. The maximum absolute atomic E-state index is 13.2. The summed E-state index contributed by atoms with van der Waals surface area (Å²) in [6, 6.07) is 21.2. The maximum Gasteiger partial charge on any atom is 0.254 e. The Balaban J connectivity index is 1.86. The number of aromatic nitrogens is 2. The lowest BCUT2D eigenvalue weighted by Gasteiger charge is -2.23. The number of nitrogens with zero attached hydrogens (tertiary/aromatic N) is 2. The molecule has 0 saturated heterocycles. The summed E-state index contributed by atoms with van der Waals surface area (Å²) in [5, 5.41) is 3.42. The van der Waals surface area contributed by atoms with Crippen molar-refractivity contribution in [3.8, 4) is 0 Å². The Morgan fingerprint density at radius 2 is 1.60 bits per heavy atom. The molecule has 3 rings (SSSR count). The van der Waals surface area contributed by atoms with E-state index in [2.05, 4.69) is 10.3 Å². The predicted molar refractivity (Wildman–Crippen MR) is 122 cm³/mol. The molecule has 30 heavy (non-hydrogen) atoms. The van der Waals surface area contributed by atoms with Crippen LogP contribution in [0, 0.1) is 0 Å². The normalized spacial score (nSPS) is 12.0. The first kappa shape index (κ1) is 21.8. The number of carbonyl (C=O) groups is 1. The molecule has 0 aliphatic rings. The highest BCUT2D eigenvalue weighted by Crippen LogP contribution is 2.26. The number of amides is 1. The second kappa shape index (κ2) is 10.3. The van der Waals surface area contributed by atoms with Crippen molar-refractivity contribution in [1.29, 1.82) is 0 Å². The van der Waals surface area contributed by atoms with E-state index in [1.165, 1.54) is 16.3 Å². The molecule has 1 heterocycles. The number of hydrogen-bond acceptors (Lipinski definition) is 4. The van der Waals surface area contributed by atoms with Gasteiger partial charge in [-0.05, 0) is 24.0 Å². The van der Waals surface area contributed by atoms with Crippen LogP contribution in [0.2, 0.25) is 0 Å². The molecule has 1 unspecified atom stereocenters. The van der Waals surface area contributed by atoms with Crippen molar-refractivity contribution in [3.05, 3.63) is 93.9 Å². The summed E-state index contributed by atoms with van der Waals surface area (Å²) in [5.74, 6) is -0.0728. The molecular formula is C24H27N3O2S. The zero-order valence-corrected chi connectivity index (χ0v) is 18.4. The van der Waals surface area contributed by atoms with Gasteiger partial charge in [0.15, 0.2) is 5.16 Å². The van der Waals surface area contributed by atoms with E-state index in [0.717, 1.165) is 16.8 Å². The lowest BCUT2D eigenvalue weighted by Crippen LogP contribution is -2.36. The Hall–Kier alpha value is -2.86. The summed E-state index contributed by atoms with van der Waals surface area (Å²) in [4.78, 5) is 30.0. The van der Waals surface area contributed by atoms with Crippen LogP contribution >= 0.6 is 11.8 Å². The minimum absolute atomic E-state index is 0.0728. The van der Waals surface area contributed by atoms with Gasteiger partial charge in [0.1, 0.15) is 0 Å². The molecule has 1 aromatic heterocycles. The molecular weight excluding hydrogens is 394 g/mol. The fourth-order valence-corrected chi connectivity index (χ4v) is 4.20. The van der Waals surface area contributed by atoms with E-state index in [9.17, 15) is 9.59 Å². The topological polar surface area (TPSA) is 64.0 Å². The molecule has 0 bridgehead atoms. The van der Waals surface area contributed by atoms with Crippen LogP contribution in [0.3, 0.4) is 0 Å². The van der Waals surface area contributed by atoms with Gasteiger partial charge in [0, 0.05) is 18.8 Å². The highest BCUT2D eigenvalue weighted by Gasteiger charge is 2.24. The van der Waals surface area contributed by atoms with E-state index in [1.807, 2.05) is 74.5 Å². The molecule has 0 radical (unpaired) electrons. The largest absolute Gasteiger partial charge is 0.344 e. The first-order chi connectivity index (χ1) is 14.5. The van der Waals surface area contributed by atoms with Gasteiger partial charge in [0.2, 0.25) is 5.91 Å². The van der Waals surface area contributed by atoms with Crippen LogP contribution in [0.5, 0.6) is 0 Å². The van der Waals surface area contributed by atoms with Crippen LogP contribution in [0.25, 0.3) is 0 Å². The van der Waals surface area contributed by atoms with Crippen LogP contribution in [0.1, 0.15) is 43.1 Å². The van der Waals surface area contributed by atoms with Crippen LogP contribution < -0.4 is 10.9 Å². The van der Waals surface area contributed by atoms with Crippen LogP contribution in [-0.4, -0.2) is 20.7 Å². The van der Waals surface area contributed by atoms with Crippen molar-refractivity contribution in [1.82, 2.24) is 14.9 Å². The molecule has 0 aliphatic carbocycles. The molecule has 3 aromatic rings. The van der Waals surface area contributed by atoms with Crippen molar-refractivity contribution in [2.24, 2.45) is 7.05 Å². The third kappa shape index (κ3) is 5.19. The van der Waals surface area contributed by atoms with Gasteiger partial charge in [-0.25, -0.2) is 4.98 Å². The van der Waals surface area contributed by atoms with Gasteiger partial charge >= 0.3 is 0 Å². The Morgan fingerprint density at radius 3 is 2.10 bits per heavy atom. The molecule has 0 aliphatic heterocycles. The fourth-order valence-electron chi connectivity index (χ4n) is 3.19. The van der Waals surface area contributed by atoms with E-state index in [-0.39, 0.29) is 22.8 Å². The third-order valence-corrected chi connectivity index (χ3v) is 6.38. The molecule has 0 fully saturated rings. The number of thioether (sulfide) groups is 1. The second-order valence-corrected chi connectivity index (χ2v) is 8.23.